The molecule has 0 saturated carbocycles. The summed E-state index contributed by atoms with van der Waals surface area (Å²) in [7, 11) is 1.53. The van der Waals surface area contributed by atoms with Crippen molar-refractivity contribution in [2.45, 2.75) is 31.8 Å². The second kappa shape index (κ2) is 5.05. The molecule has 0 amide bonds. The van der Waals surface area contributed by atoms with Crippen molar-refractivity contribution in [2.24, 2.45) is 0 Å². The first-order valence-electron chi connectivity index (χ1n) is 5.68. The van der Waals surface area contributed by atoms with Crippen LogP contribution in [0.15, 0.2) is 15.8 Å². The van der Waals surface area contributed by atoms with Gasteiger partial charge in [-0.3, -0.25) is 14.3 Å². The number of methoxy groups -OCH3 is 1. The largest absolute Gasteiger partial charge is 0.394 e. The minimum Gasteiger partial charge on any atom is -0.394 e. The van der Waals surface area contributed by atoms with Crippen molar-refractivity contribution < 1.29 is 14.6 Å². The van der Waals surface area contributed by atoms with E-state index in [2.05, 4.69) is 4.98 Å². The number of hydrogen-bond acceptors (Lipinski definition) is 5. The van der Waals surface area contributed by atoms with Crippen LogP contribution in [0.1, 0.15) is 18.2 Å². The molecule has 2 rings (SSSR count). The van der Waals surface area contributed by atoms with Gasteiger partial charge in [-0.2, -0.15) is 0 Å². The number of aliphatic hydroxyl groups is 1. The lowest BCUT2D eigenvalue weighted by atomic mass is 10.2. The highest BCUT2D eigenvalue weighted by molar-refractivity contribution is 5.02. The molecule has 7 nitrogen and oxygen atoms in total. The molecule has 0 radical (unpaired) electrons. The van der Waals surface area contributed by atoms with Gasteiger partial charge in [0.25, 0.3) is 5.56 Å². The zero-order valence-electron chi connectivity index (χ0n) is 10.3. The molecule has 7 heteroatoms. The first kappa shape index (κ1) is 13.0. The molecule has 1 fully saturated rings. The molecule has 0 unspecified atom stereocenters. The summed E-state index contributed by atoms with van der Waals surface area (Å²) in [6, 6.07) is 0. The molecule has 2 N–H and O–H groups in total. The quantitative estimate of drug-likeness (QED) is 0.734. The van der Waals surface area contributed by atoms with E-state index in [0.717, 1.165) is 0 Å². The minimum atomic E-state index is -0.532. The van der Waals surface area contributed by atoms with Gasteiger partial charge in [0.05, 0.1) is 12.7 Å². The Morgan fingerprint density at radius 1 is 1.61 bits per heavy atom. The van der Waals surface area contributed by atoms with Crippen molar-refractivity contribution >= 4 is 0 Å². The van der Waals surface area contributed by atoms with Gasteiger partial charge < -0.3 is 14.6 Å². The van der Waals surface area contributed by atoms with E-state index in [1.54, 1.807) is 6.92 Å². The Bertz CT molecular complexity index is 523. The molecule has 18 heavy (non-hydrogen) atoms. The van der Waals surface area contributed by atoms with Crippen LogP contribution in [0.25, 0.3) is 0 Å². The number of aromatic nitrogens is 2. The van der Waals surface area contributed by atoms with Gasteiger partial charge in [0.15, 0.2) is 0 Å². The summed E-state index contributed by atoms with van der Waals surface area (Å²) in [5.74, 6) is 0. The first-order chi connectivity index (χ1) is 8.56. The lowest BCUT2D eigenvalue weighted by molar-refractivity contribution is -0.0535. The van der Waals surface area contributed by atoms with Gasteiger partial charge in [-0.05, 0) is 6.92 Å². The molecule has 1 aromatic rings. The third-order valence-electron chi connectivity index (χ3n) is 3.12. The fourth-order valence-corrected chi connectivity index (χ4v) is 2.08. The van der Waals surface area contributed by atoms with Crippen LogP contribution in [0, 0.1) is 6.92 Å². The maximum absolute atomic E-state index is 11.7. The first-order valence-corrected chi connectivity index (χ1v) is 5.68. The lowest BCUT2D eigenvalue weighted by Crippen LogP contribution is -2.33. The van der Waals surface area contributed by atoms with Crippen LogP contribution in [0.4, 0.5) is 0 Å². The molecule has 0 aliphatic carbocycles. The second-order valence-electron chi connectivity index (χ2n) is 4.30. The Labute approximate surface area is 103 Å². The van der Waals surface area contributed by atoms with Crippen LogP contribution >= 0.6 is 0 Å². The van der Waals surface area contributed by atoms with Crippen LogP contribution < -0.4 is 11.2 Å². The molecule has 0 aromatic carbocycles. The Balaban J connectivity index is 2.31. The van der Waals surface area contributed by atoms with E-state index in [1.807, 2.05) is 0 Å². The Morgan fingerprint density at radius 3 is 2.89 bits per heavy atom. The van der Waals surface area contributed by atoms with Gasteiger partial charge in [-0.1, -0.05) is 0 Å². The van der Waals surface area contributed by atoms with Crippen molar-refractivity contribution in [2.75, 3.05) is 13.7 Å². The zero-order valence-corrected chi connectivity index (χ0v) is 10.3. The summed E-state index contributed by atoms with van der Waals surface area (Å²) in [5, 5.41) is 9.15. The van der Waals surface area contributed by atoms with E-state index < -0.39 is 23.6 Å². The molecule has 1 aliphatic heterocycles. The number of ether oxygens (including phenoxy) is 2. The number of nitrogens with one attached hydrogen (secondary N) is 1. The van der Waals surface area contributed by atoms with Crippen molar-refractivity contribution in [3.05, 3.63) is 32.6 Å². The summed E-state index contributed by atoms with van der Waals surface area (Å²) in [6.07, 6.45) is 0.652. The Morgan fingerprint density at radius 2 is 2.33 bits per heavy atom. The minimum absolute atomic E-state index is 0.175. The third kappa shape index (κ3) is 2.24. The SMILES string of the molecule is CO[C@H]1C[C@@H](n2cc(C)c(=O)[nH]c2=O)O[C@@H]1CO. The van der Waals surface area contributed by atoms with Crippen molar-refractivity contribution in [1.29, 1.82) is 0 Å². The van der Waals surface area contributed by atoms with E-state index in [4.69, 9.17) is 14.6 Å². The summed E-state index contributed by atoms with van der Waals surface area (Å²) in [6.45, 7) is 1.44. The highest BCUT2D eigenvalue weighted by Crippen LogP contribution is 2.29. The Hall–Kier alpha value is -1.44. The second-order valence-corrected chi connectivity index (χ2v) is 4.30. The van der Waals surface area contributed by atoms with Crippen LogP contribution in [0.3, 0.4) is 0 Å². The number of aliphatic hydroxyl groups excluding tert-OH is 1. The maximum atomic E-state index is 11.7. The van der Waals surface area contributed by atoms with Gasteiger partial charge in [-0.25, -0.2) is 4.79 Å². The molecular weight excluding hydrogens is 240 g/mol. The van der Waals surface area contributed by atoms with Crippen LogP contribution in [0.2, 0.25) is 0 Å². The van der Waals surface area contributed by atoms with Crippen molar-refractivity contribution in [3.8, 4) is 0 Å². The fraction of sp³-hybridized carbons (Fsp3) is 0.636. The van der Waals surface area contributed by atoms with Crippen molar-refractivity contribution in [3.63, 3.8) is 0 Å². The number of H-pyrrole nitrogens is 1. The topological polar surface area (TPSA) is 93.6 Å². The van der Waals surface area contributed by atoms with E-state index in [-0.39, 0.29) is 12.7 Å². The highest BCUT2D eigenvalue weighted by Gasteiger charge is 2.36. The summed E-state index contributed by atoms with van der Waals surface area (Å²) in [4.78, 5) is 25.2. The highest BCUT2D eigenvalue weighted by atomic mass is 16.6. The van der Waals surface area contributed by atoms with E-state index in [9.17, 15) is 9.59 Å². The summed E-state index contributed by atoms with van der Waals surface area (Å²) >= 11 is 0. The normalized spacial score (nSPS) is 27.6. The molecule has 100 valence electrons. The standard InChI is InChI=1S/C11H16N2O5/c1-6-4-13(11(16)12-10(6)15)9-3-7(17-2)8(5-14)18-9/h4,7-9,14H,3,5H2,1-2H3,(H,12,15,16)/t7-,8+,9-/m0/s1. The predicted molar refractivity (Wildman–Crippen MR) is 62.5 cm³/mol. The molecule has 3 atom stereocenters. The van der Waals surface area contributed by atoms with Gasteiger partial charge >= 0.3 is 5.69 Å². The molecule has 0 bridgehead atoms. The predicted octanol–water partition coefficient (Wildman–Crippen LogP) is -0.860. The number of rotatable bonds is 3. The fourth-order valence-electron chi connectivity index (χ4n) is 2.08. The Kier molecular flexibility index (Phi) is 3.65. The molecular formula is C11H16N2O5. The van der Waals surface area contributed by atoms with Gasteiger partial charge in [0, 0.05) is 25.3 Å². The zero-order chi connectivity index (χ0) is 13.3. The maximum Gasteiger partial charge on any atom is 0.330 e. The smallest absolute Gasteiger partial charge is 0.330 e. The number of hydrogen-bond donors (Lipinski definition) is 2. The molecule has 1 aromatic heterocycles. The van der Waals surface area contributed by atoms with Crippen molar-refractivity contribution in [1.82, 2.24) is 9.55 Å². The lowest BCUT2D eigenvalue weighted by Gasteiger charge is -2.14. The average Bonchev–Trinajstić information content (AvgIpc) is 2.76. The summed E-state index contributed by atoms with van der Waals surface area (Å²) < 4.78 is 12.0. The summed E-state index contributed by atoms with van der Waals surface area (Å²) in [5.41, 5.74) is -0.500. The number of aromatic amines is 1. The molecule has 1 aliphatic rings. The third-order valence-corrected chi connectivity index (χ3v) is 3.12. The number of nitrogens with zero attached hydrogens (tertiary/aromatic N) is 1. The van der Waals surface area contributed by atoms with E-state index >= 15 is 0 Å². The van der Waals surface area contributed by atoms with E-state index in [0.29, 0.717) is 12.0 Å². The molecule has 2 heterocycles. The molecule has 0 spiro atoms. The van der Waals surface area contributed by atoms with Crippen LogP contribution in [-0.4, -0.2) is 40.6 Å². The van der Waals surface area contributed by atoms with Crippen LogP contribution in [0.5, 0.6) is 0 Å². The molecule has 1 saturated heterocycles. The van der Waals surface area contributed by atoms with Crippen LogP contribution in [-0.2, 0) is 9.47 Å². The number of aryl methyl sites for hydroxylation is 1. The monoisotopic (exact) mass is 256 g/mol. The van der Waals surface area contributed by atoms with Gasteiger partial charge in [0.2, 0.25) is 0 Å². The van der Waals surface area contributed by atoms with Gasteiger partial charge in [-0.15, -0.1) is 0 Å². The van der Waals surface area contributed by atoms with E-state index in [1.165, 1.54) is 17.9 Å². The van der Waals surface area contributed by atoms with Gasteiger partial charge in [0.1, 0.15) is 12.3 Å². The average molecular weight is 256 g/mol.